The highest BCUT2D eigenvalue weighted by atomic mass is 35.5. The van der Waals surface area contributed by atoms with Crippen molar-refractivity contribution in [1.29, 1.82) is 0 Å². The van der Waals surface area contributed by atoms with Gasteiger partial charge in [-0.25, -0.2) is 9.97 Å². The predicted octanol–water partition coefficient (Wildman–Crippen LogP) is 5.94. The van der Waals surface area contributed by atoms with E-state index in [-0.39, 0.29) is 11.8 Å². The molecule has 0 atom stereocenters. The third-order valence-electron chi connectivity index (χ3n) is 7.37. The Kier molecular flexibility index (Phi) is 7.04. The van der Waals surface area contributed by atoms with E-state index in [1.807, 2.05) is 42.5 Å². The maximum Gasteiger partial charge on any atom is 0.228 e. The van der Waals surface area contributed by atoms with E-state index < -0.39 is 0 Å². The van der Waals surface area contributed by atoms with E-state index in [9.17, 15) is 4.79 Å². The highest BCUT2D eigenvalue weighted by Gasteiger charge is 2.31. The number of nitrogens with one attached hydrogen (secondary N) is 2. The number of anilines is 2. The number of hydrogen-bond acceptors (Lipinski definition) is 5. The van der Waals surface area contributed by atoms with Crippen molar-refractivity contribution >= 4 is 34.7 Å². The minimum absolute atomic E-state index is 0.0747. The second-order valence-electron chi connectivity index (χ2n) is 10.7. The molecule has 0 spiro atoms. The second-order valence-corrected chi connectivity index (χ2v) is 11.2. The van der Waals surface area contributed by atoms with Crippen LogP contribution in [0.4, 0.5) is 11.5 Å². The van der Waals surface area contributed by atoms with Crippen LogP contribution in [0.3, 0.4) is 0 Å². The lowest BCUT2D eigenvalue weighted by Crippen LogP contribution is -2.41. The normalized spacial score (nSPS) is 17.4. The van der Waals surface area contributed by atoms with E-state index in [0.29, 0.717) is 18.3 Å². The standard InChI is InChI=1S/C24H28N6O.C6H5Cl/c1-29-11-18(12-29)21-8-17(15-2-3-15)13-30-14-20(27-23(21)30)10-26-19-6-7-25-22(9-19)28-24(31)16-4-5-16;7-6-4-2-1-3-5-6/h6-9,13-16,18H,2-5,10-12H2,1H3,(H2,25,26,28,31);1-5H. The van der Waals surface area contributed by atoms with Gasteiger partial charge in [0.15, 0.2) is 0 Å². The molecule has 1 aromatic carbocycles. The van der Waals surface area contributed by atoms with Crippen molar-refractivity contribution in [3.63, 3.8) is 0 Å². The van der Waals surface area contributed by atoms with Crippen LogP contribution in [0.1, 0.15) is 54.3 Å². The fraction of sp³-hybridized carbons (Fsp3) is 0.367. The molecule has 8 heteroatoms. The smallest absolute Gasteiger partial charge is 0.228 e. The number of halogens is 1. The number of carbonyl (C=O) groups is 1. The van der Waals surface area contributed by atoms with Crippen LogP contribution >= 0.6 is 11.6 Å². The number of likely N-dealkylation sites (N-methyl/N-ethyl adjacent to an activating group) is 1. The Hall–Kier alpha value is -3.42. The Labute approximate surface area is 228 Å². The first kappa shape index (κ1) is 24.9. The maximum absolute atomic E-state index is 12.0. The molecule has 196 valence electrons. The lowest BCUT2D eigenvalue weighted by atomic mass is 9.91. The van der Waals surface area contributed by atoms with Crippen molar-refractivity contribution in [2.75, 3.05) is 30.8 Å². The third-order valence-corrected chi connectivity index (χ3v) is 7.62. The highest BCUT2D eigenvalue weighted by Crippen LogP contribution is 2.42. The average Bonchev–Trinajstić information content (AvgIpc) is 3.83. The van der Waals surface area contributed by atoms with Gasteiger partial charge in [0.05, 0.1) is 12.2 Å². The van der Waals surface area contributed by atoms with Gasteiger partial charge in [0.25, 0.3) is 0 Å². The Morgan fingerprint density at radius 3 is 2.47 bits per heavy atom. The van der Waals surface area contributed by atoms with Gasteiger partial charge in [-0.1, -0.05) is 29.8 Å². The molecule has 4 aromatic rings. The number of fused-ring (bicyclic) bond motifs is 1. The summed E-state index contributed by atoms with van der Waals surface area (Å²) in [6.07, 6.45) is 10.7. The molecule has 1 amide bonds. The number of rotatable bonds is 7. The molecule has 7 nitrogen and oxygen atoms in total. The van der Waals surface area contributed by atoms with Crippen LogP contribution in [0, 0.1) is 5.92 Å². The number of pyridine rings is 2. The lowest BCUT2D eigenvalue weighted by Gasteiger charge is -2.36. The predicted molar refractivity (Wildman–Crippen MR) is 152 cm³/mol. The Morgan fingerprint density at radius 2 is 1.82 bits per heavy atom. The minimum atomic E-state index is 0.0747. The monoisotopic (exact) mass is 528 g/mol. The van der Waals surface area contributed by atoms with Crippen LogP contribution in [0.5, 0.6) is 0 Å². The van der Waals surface area contributed by atoms with Crippen molar-refractivity contribution < 1.29 is 4.79 Å². The summed E-state index contributed by atoms with van der Waals surface area (Å²) in [6.45, 7) is 2.84. The van der Waals surface area contributed by atoms with E-state index >= 15 is 0 Å². The first-order valence-corrected chi connectivity index (χ1v) is 13.8. The first-order valence-electron chi connectivity index (χ1n) is 13.4. The molecule has 7 rings (SSSR count). The molecule has 3 aromatic heterocycles. The van der Waals surface area contributed by atoms with Gasteiger partial charge in [0, 0.05) is 65.9 Å². The number of aromatic nitrogens is 3. The quantitative estimate of drug-likeness (QED) is 0.311. The topological polar surface area (TPSA) is 74.6 Å². The zero-order valence-electron chi connectivity index (χ0n) is 21.6. The highest BCUT2D eigenvalue weighted by molar-refractivity contribution is 6.30. The Balaban J connectivity index is 0.000000330. The molecule has 2 saturated carbocycles. The van der Waals surface area contributed by atoms with Crippen molar-refractivity contribution in [1.82, 2.24) is 19.3 Å². The summed E-state index contributed by atoms with van der Waals surface area (Å²) in [5.74, 6) is 2.15. The minimum Gasteiger partial charge on any atom is -0.379 e. The molecular formula is C30H33ClN6O. The molecule has 0 unspecified atom stereocenters. The zero-order valence-corrected chi connectivity index (χ0v) is 22.4. The van der Waals surface area contributed by atoms with Crippen molar-refractivity contribution in [2.45, 2.75) is 44.1 Å². The van der Waals surface area contributed by atoms with Crippen molar-refractivity contribution in [3.05, 3.63) is 89.0 Å². The number of nitrogens with zero attached hydrogens (tertiary/aromatic N) is 4. The molecule has 0 radical (unpaired) electrons. The van der Waals surface area contributed by atoms with Gasteiger partial charge in [-0.15, -0.1) is 0 Å². The molecular weight excluding hydrogens is 496 g/mol. The maximum atomic E-state index is 12.0. The van der Waals surface area contributed by atoms with Gasteiger partial charge in [0.1, 0.15) is 11.5 Å². The number of amides is 1. The number of carbonyl (C=O) groups excluding carboxylic acids is 1. The number of hydrogen-bond donors (Lipinski definition) is 2. The van der Waals surface area contributed by atoms with E-state index in [0.717, 1.165) is 53.9 Å². The molecule has 3 fully saturated rings. The summed E-state index contributed by atoms with van der Waals surface area (Å²) in [7, 11) is 2.18. The summed E-state index contributed by atoms with van der Waals surface area (Å²) in [4.78, 5) is 23.6. The van der Waals surface area contributed by atoms with E-state index in [1.54, 1.807) is 6.20 Å². The second kappa shape index (κ2) is 10.8. The number of imidazole rings is 1. The summed E-state index contributed by atoms with van der Waals surface area (Å²) >= 11 is 5.54. The first-order chi connectivity index (χ1) is 18.5. The molecule has 1 aliphatic heterocycles. The number of likely N-dealkylation sites (tertiary alicyclic amines) is 1. The van der Waals surface area contributed by atoms with E-state index in [1.165, 1.54) is 24.0 Å². The largest absolute Gasteiger partial charge is 0.379 e. The summed E-state index contributed by atoms with van der Waals surface area (Å²) in [5.41, 5.74) is 5.88. The zero-order chi connectivity index (χ0) is 26.1. The number of benzene rings is 1. The molecule has 4 heterocycles. The summed E-state index contributed by atoms with van der Waals surface area (Å²) in [5, 5.41) is 7.14. The molecule has 3 aliphatic rings. The van der Waals surface area contributed by atoms with Crippen LogP contribution in [0.25, 0.3) is 5.65 Å². The molecule has 0 bridgehead atoms. The van der Waals surface area contributed by atoms with Crippen molar-refractivity contribution in [3.8, 4) is 0 Å². The molecule has 2 aliphatic carbocycles. The third kappa shape index (κ3) is 6.00. The fourth-order valence-electron chi connectivity index (χ4n) is 4.91. The summed E-state index contributed by atoms with van der Waals surface area (Å²) in [6, 6.07) is 15.7. The lowest BCUT2D eigenvalue weighted by molar-refractivity contribution is -0.117. The van der Waals surface area contributed by atoms with Crippen molar-refractivity contribution in [2.24, 2.45) is 5.92 Å². The average molecular weight is 529 g/mol. The van der Waals surface area contributed by atoms with Gasteiger partial charge in [-0.3, -0.25) is 4.79 Å². The van der Waals surface area contributed by atoms with Gasteiger partial charge in [-0.2, -0.15) is 0 Å². The van der Waals surface area contributed by atoms with E-state index in [4.69, 9.17) is 16.6 Å². The summed E-state index contributed by atoms with van der Waals surface area (Å²) < 4.78 is 2.23. The SMILES string of the molecule is CN1CC(c2cc(C3CC3)cn3cc(CNc4ccnc(NC(=O)C5CC5)c4)nc23)C1.Clc1ccccc1. The van der Waals surface area contributed by atoms with Gasteiger partial charge < -0.3 is 19.9 Å². The van der Waals surface area contributed by atoms with Crippen LogP contribution in [-0.4, -0.2) is 45.3 Å². The molecule has 1 saturated heterocycles. The fourth-order valence-corrected chi connectivity index (χ4v) is 5.05. The molecule has 2 N–H and O–H groups in total. The van der Waals surface area contributed by atoms with Gasteiger partial charge in [-0.05, 0) is 68.5 Å². The van der Waals surface area contributed by atoms with Crippen LogP contribution in [0.2, 0.25) is 5.02 Å². The van der Waals surface area contributed by atoms with E-state index in [2.05, 4.69) is 50.4 Å². The van der Waals surface area contributed by atoms with Crippen LogP contribution in [0.15, 0.2) is 67.1 Å². The van der Waals surface area contributed by atoms with Crippen LogP contribution < -0.4 is 10.6 Å². The van der Waals surface area contributed by atoms with Crippen LogP contribution in [-0.2, 0) is 11.3 Å². The molecule has 38 heavy (non-hydrogen) atoms. The van der Waals surface area contributed by atoms with Gasteiger partial charge in [0.2, 0.25) is 5.91 Å². The Bertz CT molecular complexity index is 1420. The van der Waals surface area contributed by atoms with Gasteiger partial charge >= 0.3 is 0 Å². The Morgan fingerprint density at radius 1 is 1.03 bits per heavy atom.